The Morgan fingerprint density at radius 3 is 2.90 bits per heavy atom. The van der Waals surface area contributed by atoms with Gasteiger partial charge in [0.15, 0.2) is 0 Å². The van der Waals surface area contributed by atoms with Crippen molar-refractivity contribution in [3.05, 3.63) is 28.1 Å². The number of halogens is 1. The lowest BCUT2D eigenvalue weighted by molar-refractivity contribution is -0.132. The molecule has 0 saturated heterocycles. The number of nitrogens with zero attached hydrogens (tertiary/aromatic N) is 3. The molecule has 0 bridgehead atoms. The third-order valence-corrected chi connectivity index (χ3v) is 4.65. The molecule has 1 aliphatic rings. The molecule has 1 aromatic heterocycles. The van der Waals surface area contributed by atoms with Crippen LogP contribution in [0.2, 0.25) is 0 Å². The van der Waals surface area contributed by atoms with Crippen molar-refractivity contribution in [3.8, 4) is 0 Å². The standard InChI is InChI=1S/C14H20IN3O2/c1-3-13(20)18(11-6-4-5-7-12(11)19)9-10-8-17(2)16-14(10)15/h3,8,11-12,19H,1,4-7,9H2,2H3. The Hall–Kier alpha value is -0.890. The molecule has 2 rings (SSSR count). The summed E-state index contributed by atoms with van der Waals surface area (Å²) >= 11 is 2.17. The maximum absolute atomic E-state index is 12.1. The summed E-state index contributed by atoms with van der Waals surface area (Å²) in [5.74, 6) is -0.129. The van der Waals surface area contributed by atoms with Gasteiger partial charge < -0.3 is 10.0 Å². The number of aromatic nitrogens is 2. The van der Waals surface area contributed by atoms with Crippen LogP contribution in [0.25, 0.3) is 0 Å². The summed E-state index contributed by atoms with van der Waals surface area (Å²) in [5.41, 5.74) is 1.00. The van der Waals surface area contributed by atoms with Crippen LogP contribution in [-0.2, 0) is 18.4 Å². The van der Waals surface area contributed by atoms with Crippen molar-refractivity contribution in [1.82, 2.24) is 14.7 Å². The molecule has 5 nitrogen and oxygen atoms in total. The highest BCUT2D eigenvalue weighted by Gasteiger charge is 2.31. The predicted octanol–water partition coefficient (Wildman–Crippen LogP) is 1.84. The Kier molecular flexibility index (Phi) is 5.20. The van der Waals surface area contributed by atoms with E-state index < -0.39 is 6.10 Å². The first-order valence-corrected chi connectivity index (χ1v) is 7.90. The van der Waals surface area contributed by atoms with Crippen LogP contribution in [0, 0.1) is 3.70 Å². The molecule has 1 N–H and O–H groups in total. The highest BCUT2D eigenvalue weighted by atomic mass is 127. The molecular weight excluding hydrogens is 369 g/mol. The summed E-state index contributed by atoms with van der Waals surface area (Å²) in [5, 5.41) is 14.5. The van der Waals surface area contributed by atoms with E-state index in [9.17, 15) is 9.90 Å². The summed E-state index contributed by atoms with van der Waals surface area (Å²) < 4.78 is 2.63. The van der Waals surface area contributed by atoms with E-state index in [0.29, 0.717) is 6.54 Å². The first-order valence-electron chi connectivity index (χ1n) is 6.82. The zero-order valence-corrected chi connectivity index (χ0v) is 13.8. The van der Waals surface area contributed by atoms with Crippen molar-refractivity contribution in [2.45, 2.75) is 44.4 Å². The molecule has 110 valence electrons. The summed E-state index contributed by atoms with van der Waals surface area (Å²) in [4.78, 5) is 13.9. The normalized spacial score (nSPS) is 22.6. The Labute approximate surface area is 132 Å². The van der Waals surface area contributed by atoms with Crippen LogP contribution < -0.4 is 0 Å². The van der Waals surface area contributed by atoms with Crippen LogP contribution in [-0.4, -0.2) is 37.8 Å². The molecule has 1 heterocycles. The van der Waals surface area contributed by atoms with Gasteiger partial charge in [-0.15, -0.1) is 0 Å². The number of aryl methyl sites for hydroxylation is 1. The summed E-state index contributed by atoms with van der Waals surface area (Å²) in [6.07, 6.45) is 6.48. The van der Waals surface area contributed by atoms with E-state index in [0.717, 1.165) is 34.9 Å². The number of hydrogen-bond donors (Lipinski definition) is 1. The molecule has 1 aliphatic carbocycles. The fourth-order valence-electron chi connectivity index (χ4n) is 2.73. The number of hydrogen-bond acceptors (Lipinski definition) is 3. The van der Waals surface area contributed by atoms with Gasteiger partial charge >= 0.3 is 0 Å². The monoisotopic (exact) mass is 389 g/mol. The second-order valence-electron chi connectivity index (χ2n) is 5.21. The van der Waals surface area contributed by atoms with E-state index in [1.54, 1.807) is 9.58 Å². The van der Waals surface area contributed by atoms with Crippen molar-refractivity contribution in [3.63, 3.8) is 0 Å². The van der Waals surface area contributed by atoms with Gasteiger partial charge in [-0.1, -0.05) is 19.4 Å². The summed E-state index contributed by atoms with van der Waals surface area (Å²) in [7, 11) is 1.86. The highest BCUT2D eigenvalue weighted by molar-refractivity contribution is 14.1. The quantitative estimate of drug-likeness (QED) is 0.632. The Morgan fingerprint density at radius 2 is 2.35 bits per heavy atom. The molecule has 0 aliphatic heterocycles. The van der Waals surface area contributed by atoms with E-state index >= 15 is 0 Å². The maximum atomic E-state index is 12.1. The molecule has 0 spiro atoms. The first-order chi connectivity index (χ1) is 9.52. The number of aliphatic hydroxyl groups is 1. The van der Waals surface area contributed by atoms with E-state index in [2.05, 4.69) is 34.3 Å². The molecule has 1 amide bonds. The van der Waals surface area contributed by atoms with Crippen molar-refractivity contribution < 1.29 is 9.90 Å². The highest BCUT2D eigenvalue weighted by Crippen LogP contribution is 2.25. The van der Waals surface area contributed by atoms with Crippen LogP contribution in [0.1, 0.15) is 31.2 Å². The first kappa shape index (κ1) is 15.5. The van der Waals surface area contributed by atoms with Gasteiger partial charge in [-0.2, -0.15) is 5.10 Å². The molecule has 0 aromatic carbocycles. The van der Waals surface area contributed by atoms with Crippen molar-refractivity contribution in [2.24, 2.45) is 7.05 Å². The third kappa shape index (κ3) is 3.41. The smallest absolute Gasteiger partial charge is 0.246 e. The molecule has 2 unspecified atom stereocenters. The van der Waals surface area contributed by atoms with Gasteiger partial charge in [0.2, 0.25) is 5.91 Å². The third-order valence-electron chi connectivity index (χ3n) is 3.75. The predicted molar refractivity (Wildman–Crippen MR) is 84.9 cm³/mol. The molecule has 0 radical (unpaired) electrons. The van der Waals surface area contributed by atoms with Gasteiger partial charge in [0, 0.05) is 18.8 Å². The van der Waals surface area contributed by atoms with Gasteiger partial charge in [-0.3, -0.25) is 9.48 Å². The minimum atomic E-state index is -0.443. The average molecular weight is 389 g/mol. The van der Waals surface area contributed by atoms with Crippen molar-refractivity contribution in [1.29, 1.82) is 0 Å². The fraction of sp³-hybridized carbons (Fsp3) is 0.571. The molecule has 1 fully saturated rings. The fourth-order valence-corrected chi connectivity index (χ4v) is 3.38. The van der Waals surface area contributed by atoms with E-state index in [1.807, 2.05) is 13.2 Å². The van der Waals surface area contributed by atoms with Crippen LogP contribution in [0.4, 0.5) is 0 Å². The minimum Gasteiger partial charge on any atom is -0.391 e. The Morgan fingerprint density at radius 1 is 1.65 bits per heavy atom. The van der Waals surface area contributed by atoms with E-state index in [4.69, 9.17) is 0 Å². The zero-order chi connectivity index (χ0) is 14.7. The average Bonchev–Trinajstić information content (AvgIpc) is 2.74. The molecule has 1 aromatic rings. The minimum absolute atomic E-state index is 0.120. The van der Waals surface area contributed by atoms with Gasteiger partial charge in [0.05, 0.1) is 18.7 Å². The second kappa shape index (κ2) is 6.71. The SMILES string of the molecule is C=CC(=O)N(Cc1cn(C)nc1I)C1CCCCC1O. The molecule has 6 heteroatoms. The largest absolute Gasteiger partial charge is 0.391 e. The van der Waals surface area contributed by atoms with Crippen molar-refractivity contribution in [2.75, 3.05) is 0 Å². The Balaban J connectivity index is 2.21. The van der Waals surface area contributed by atoms with Crippen LogP contribution in [0.5, 0.6) is 0 Å². The van der Waals surface area contributed by atoms with Crippen molar-refractivity contribution >= 4 is 28.5 Å². The maximum Gasteiger partial charge on any atom is 0.246 e. The molecule has 2 atom stereocenters. The van der Waals surface area contributed by atoms with Gasteiger partial charge in [-0.05, 0) is 41.5 Å². The number of aliphatic hydroxyl groups excluding tert-OH is 1. The van der Waals surface area contributed by atoms with Crippen LogP contribution in [0.15, 0.2) is 18.9 Å². The Bertz CT molecular complexity index is 501. The summed E-state index contributed by atoms with van der Waals surface area (Å²) in [6.45, 7) is 4.05. The number of amides is 1. The molecule has 20 heavy (non-hydrogen) atoms. The lowest BCUT2D eigenvalue weighted by Crippen LogP contribution is -2.47. The lowest BCUT2D eigenvalue weighted by atomic mass is 9.91. The topological polar surface area (TPSA) is 58.4 Å². The van der Waals surface area contributed by atoms with E-state index in [1.165, 1.54) is 6.08 Å². The lowest BCUT2D eigenvalue weighted by Gasteiger charge is -2.37. The number of rotatable bonds is 4. The second-order valence-corrected chi connectivity index (χ2v) is 6.23. The van der Waals surface area contributed by atoms with Crippen LogP contribution in [0.3, 0.4) is 0 Å². The van der Waals surface area contributed by atoms with Crippen LogP contribution >= 0.6 is 22.6 Å². The van der Waals surface area contributed by atoms with Gasteiger partial charge in [0.25, 0.3) is 0 Å². The molecule has 1 saturated carbocycles. The zero-order valence-electron chi connectivity index (χ0n) is 11.6. The van der Waals surface area contributed by atoms with Gasteiger partial charge in [-0.25, -0.2) is 0 Å². The summed E-state index contributed by atoms with van der Waals surface area (Å²) in [6, 6.07) is -0.120. The van der Waals surface area contributed by atoms with Gasteiger partial charge in [0.1, 0.15) is 3.70 Å². The number of carbonyl (C=O) groups is 1. The number of carbonyl (C=O) groups excluding carboxylic acids is 1. The molecular formula is C14H20IN3O2. The van der Waals surface area contributed by atoms with E-state index in [-0.39, 0.29) is 11.9 Å².